The fourth-order valence-corrected chi connectivity index (χ4v) is 3.29. The molecule has 2 unspecified atom stereocenters. The van der Waals surface area contributed by atoms with Crippen molar-refractivity contribution in [3.8, 4) is 6.07 Å². The van der Waals surface area contributed by atoms with Gasteiger partial charge in [-0.3, -0.25) is 4.79 Å². The minimum absolute atomic E-state index is 0.231. The topological polar surface area (TPSA) is 125 Å². The van der Waals surface area contributed by atoms with E-state index in [1.807, 2.05) is 0 Å². The molecule has 1 heterocycles. The molecule has 1 amide bonds. The smallest absolute Gasteiger partial charge is 0.334 e. The molecule has 19 heavy (non-hydrogen) atoms. The van der Waals surface area contributed by atoms with E-state index < -0.39 is 38.9 Å². The molecule has 1 rings (SSSR count). The van der Waals surface area contributed by atoms with Crippen molar-refractivity contribution < 1.29 is 22.7 Å². The second kappa shape index (κ2) is 5.10. The van der Waals surface area contributed by atoms with E-state index in [-0.39, 0.29) is 5.11 Å². The number of thiocarbonyl (C=S) groups is 1. The van der Waals surface area contributed by atoms with Gasteiger partial charge in [-0.05, 0) is 12.2 Å². The predicted octanol–water partition coefficient (Wildman–Crippen LogP) is -1.91. The monoisotopic (exact) mass is 305 g/mol. The van der Waals surface area contributed by atoms with Crippen molar-refractivity contribution in [2.75, 3.05) is 19.1 Å². The highest BCUT2D eigenvalue weighted by Crippen LogP contribution is 2.24. The number of amides is 1. The molecular formula is C9H11N3O5S2. The van der Waals surface area contributed by atoms with Crippen LogP contribution in [0.2, 0.25) is 0 Å². The highest BCUT2D eigenvalue weighted by atomic mass is 32.2. The number of hydrogen-bond acceptors (Lipinski definition) is 7. The molecule has 8 nitrogen and oxygen atoms in total. The third-order valence-electron chi connectivity index (χ3n) is 2.50. The third-order valence-corrected chi connectivity index (χ3v) is 3.68. The molecule has 0 aromatic rings. The van der Waals surface area contributed by atoms with Gasteiger partial charge in [0.1, 0.15) is 9.84 Å². The van der Waals surface area contributed by atoms with Crippen LogP contribution in [0.25, 0.3) is 0 Å². The summed E-state index contributed by atoms with van der Waals surface area (Å²) < 4.78 is 27.4. The third kappa shape index (κ3) is 2.99. The first-order valence-electron chi connectivity index (χ1n) is 4.95. The number of sulfone groups is 1. The van der Waals surface area contributed by atoms with Crippen LogP contribution in [0.1, 0.15) is 0 Å². The summed E-state index contributed by atoms with van der Waals surface area (Å²) in [6, 6.07) is 1.60. The molecular weight excluding hydrogens is 294 g/mol. The van der Waals surface area contributed by atoms with Gasteiger partial charge >= 0.3 is 5.97 Å². The normalized spacial score (nSPS) is 26.9. The van der Waals surface area contributed by atoms with Gasteiger partial charge in [0.05, 0.1) is 18.9 Å². The zero-order valence-corrected chi connectivity index (χ0v) is 11.7. The summed E-state index contributed by atoms with van der Waals surface area (Å²) in [7, 11) is -2.66. The summed E-state index contributed by atoms with van der Waals surface area (Å²) in [5.74, 6) is -4.23. The molecule has 10 heteroatoms. The van der Waals surface area contributed by atoms with Crippen LogP contribution < -0.4 is 10.6 Å². The van der Waals surface area contributed by atoms with Crippen molar-refractivity contribution in [2.24, 2.45) is 5.92 Å². The molecule has 1 fully saturated rings. The van der Waals surface area contributed by atoms with Gasteiger partial charge < -0.3 is 15.4 Å². The van der Waals surface area contributed by atoms with E-state index in [0.29, 0.717) is 0 Å². The Morgan fingerprint density at radius 3 is 2.63 bits per heavy atom. The zero-order valence-electron chi connectivity index (χ0n) is 10.1. The van der Waals surface area contributed by atoms with Gasteiger partial charge in [-0.2, -0.15) is 5.26 Å². The SMILES string of the molecule is COC(=O)C1(CS(C)(=O)=O)NC(=S)NC(=O)C1C#N. The molecule has 1 saturated heterocycles. The van der Waals surface area contributed by atoms with Crippen LogP contribution in [0, 0.1) is 17.2 Å². The second-order valence-corrected chi connectivity index (χ2v) is 6.59. The first-order chi connectivity index (χ1) is 8.66. The Hall–Kier alpha value is -1.73. The molecule has 2 N–H and O–H groups in total. The average Bonchev–Trinajstić information content (AvgIpc) is 2.24. The number of nitrogens with one attached hydrogen (secondary N) is 2. The van der Waals surface area contributed by atoms with E-state index >= 15 is 0 Å². The van der Waals surface area contributed by atoms with Gasteiger partial charge in [-0.1, -0.05) is 0 Å². The summed E-state index contributed by atoms with van der Waals surface area (Å²) in [6.45, 7) is 0. The lowest BCUT2D eigenvalue weighted by Crippen LogP contribution is -2.72. The van der Waals surface area contributed by atoms with Crippen LogP contribution in [-0.4, -0.2) is 50.1 Å². The van der Waals surface area contributed by atoms with Gasteiger partial charge in [0.2, 0.25) is 5.91 Å². The van der Waals surface area contributed by atoms with Gasteiger partial charge in [-0.15, -0.1) is 0 Å². The number of carbonyl (C=O) groups is 2. The maximum atomic E-state index is 11.9. The van der Waals surface area contributed by atoms with Crippen LogP contribution in [-0.2, 0) is 24.2 Å². The Morgan fingerprint density at radius 1 is 1.63 bits per heavy atom. The average molecular weight is 305 g/mol. The number of esters is 1. The van der Waals surface area contributed by atoms with Crippen LogP contribution in [0.3, 0.4) is 0 Å². The number of carbonyl (C=O) groups excluding carboxylic acids is 2. The standard InChI is InChI=1S/C9H11N3O5S2/c1-17-7(14)9(4-19(2,15)16)5(3-10)6(13)11-8(18)12-9/h5H,4H2,1-2H3,(H2,11,12,13,18). The van der Waals surface area contributed by atoms with E-state index in [1.165, 1.54) is 0 Å². The van der Waals surface area contributed by atoms with E-state index in [9.17, 15) is 18.0 Å². The Morgan fingerprint density at radius 2 is 2.21 bits per heavy atom. The summed E-state index contributed by atoms with van der Waals surface area (Å²) in [6.07, 6.45) is 0.878. The highest BCUT2D eigenvalue weighted by Gasteiger charge is 2.56. The molecule has 0 aromatic carbocycles. The Kier molecular flexibility index (Phi) is 4.12. The van der Waals surface area contributed by atoms with Crippen molar-refractivity contribution in [3.05, 3.63) is 0 Å². The highest BCUT2D eigenvalue weighted by molar-refractivity contribution is 7.90. The maximum Gasteiger partial charge on any atom is 0.334 e. The fraction of sp³-hybridized carbons (Fsp3) is 0.556. The van der Waals surface area contributed by atoms with Crippen LogP contribution in [0.5, 0.6) is 0 Å². The Balaban J connectivity index is 3.42. The lowest BCUT2D eigenvalue weighted by atomic mass is 9.84. The largest absolute Gasteiger partial charge is 0.467 e. The van der Waals surface area contributed by atoms with Gasteiger partial charge in [0.15, 0.2) is 16.6 Å². The summed E-state index contributed by atoms with van der Waals surface area (Å²) in [4.78, 5) is 23.6. The number of nitriles is 1. The Bertz CT molecular complexity index is 579. The molecule has 0 aliphatic carbocycles. The maximum absolute atomic E-state index is 11.9. The van der Waals surface area contributed by atoms with Crippen molar-refractivity contribution in [1.82, 2.24) is 10.6 Å². The minimum atomic E-state index is -3.68. The molecule has 1 aliphatic heterocycles. The molecule has 1 aliphatic rings. The van der Waals surface area contributed by atoms with E-state index in [0.717, 1.165) is 13.4 Å². The fourth-order valence-electron chi connectivity index (χ4n) is 1.83. The molecule has 0 aromatic heterocycles. The summed E-state index contributed by atoms with van der Waals surface area (Å²) in [5, 5.41) is 13.3. The lowest BCUT2D eigenvalue weighted by Gasteiger charge is -2.38. The van der Waals surface area contributed by atoms with Crippen molar-refractivity contribution >= 4 is 39.0 Å². The molecule has 0 spiro atoms. The lowest BCUT2D eigenvalue weighted by molar-refractivity contribution is -0.151. The molecule has 0 bridgehead atoms. The van der Waals surface area contributed by atoms with E-state index in [2.05, 4.69) is 15.4 Å². The number of hydrogen-bond donors (Lipinski definition) is 2. The zero-order chi connectivity index (χ0) is 14.8. The van der Waals surface area contributed by atoms with Gasteiger partial charge in [0, 0.05) is 6.26 Å². The number of ether oxygens (including phenoxy) is 1. The molecule has 0 saturated carbocycles. The molecule has 104 valence electrons. The number of nitrogens with zero attached hydrogens (tertiary/aromatic N) is 1. The van der Waals surface area contributed by atoms with E-state index in [4.69, 9.17) is 17.5 Å². The first kappa shape index (κ1) is 15.3. The second-order valence-electron chi connectivity index (χ2n) is 4.04. The molecule has 2 atom stereocenters. The molecule has 0 radical (unpaired) electrons. The quantitative estimate of drug-likeness (QED) is 0.457. The van der Waals surface area contributed by atoms with Crippen molar-refractivity contribution in [2.45, 2.75) is 5.54 Å². The van der Waals surface area contributed by atoms with Crippen LogP contribution in [0.15, 0.2) is 0 Å². The predicted molar refractivity (Wildman–Crippen MR) is 67.4 cm³/mol. The van der Waals surface area contributed by atoms with E-state index in [1.54, 1.807) is 6.07 Å². The number of rotatable bonds is 3. The van der Waals surface area contributed by atoms with Crippen LogP contribution >= 0.6 is 12.2 Å². The Labute approximate surface area is 115 Å². The van der Waals surface area contributed by atoms with Crippen molar-refractivity contribution in [3.63, 3.8) is 0 Å². The van der Waals surface area contributed by atoms with Crippen molar-refractivity contribution in [1.29, 1.82) is 5.26 Å². The summed E-state index contributed by atoms with van der Waals surface area (Å²) >= 11 is 4.73. The first-order valence-corrected chi connectivity index (χ1v) is 7.42. The number of methoxy groups -OCH3 is 1. The van der Waals surface area contributed by atoms with Gasteiger partial charge in [-0.25, -0.2) is 13.2 Å². The summed E-state index contributed by atoms with van der Waals surface area (Å²) in [5.41, 5.74) is -2.03. The van der Waals surface area contributed by atoms with Crippen LogP contribution in [0.4, 0.5) is 0 Å². The van der Waals surface area contributed by atoms with Gasteiger partial charge in [0.25, 0.3) is 0 Å². The minimum Gasteiger partial charge on any atom is -0.467 e.